The Morgan fingerprint density at radius 2 is 1.80 bits per heavy atom. The monoisotopic (exact) mass is 212 g/mol. The van der Waals surface area contributed by atoms with Gasteiger partial charge in [0.05, 0.1) is 0 Å². The highest BCUT2D eigenvalue weighted by molar-refractivity contribution is 5.74. The number of urea groups is 1. The number of hydrogen-bond acceptors (Lipinski definition) is 1. The number of hydrogen-bond donors (Lipinski definition) is 2. The largest absolute Gasteiger partial charge is 0.335 e. The van der Waals surface area contributed by atoms with Crippen LogP contribution in [0, 0.1) is 5.92 Å². The maximum atomic E-state index is 11.6. The van der Waals surface area contributed by atoms with Gasteiger partial charge in [0.15, 0.2) is 0 Å². The van der Waals surface area contributed by atoms with Gasteiger partial charge in [-0.15, -0.1) is 0 Å². The SMILES string of the molecule is CC(NC(=O)NC(C)(C)C)C1CCCC1. The third kappa shape index (κ3) is 4.54. The fourth-order valence-corrected chi connectivity index (χ4v) is 2.16. The van der Waals surface area contributed by atoms with Crippen LogP contribution in [-0.4, -0.2) is 17.6 Å². The van der Waals surface area contributed by atoms with E-state index in [1.807, 2.05) is 20.8 Å². The number of rotatable bonds is 2. The summed E-state index contributed by atoms with van der Waals surface area (Å²) >= 11 is 0. The van der Waals surface area contributed by atoms with Crippen molar-refractivity contribution in [3.8, 4) is 0 Å². The van der Waals surface area contributed by atoms with E-state index in [1.54, 1.807) is 0 Å². The van der Waals surface area contributed by atoms with Crippen LogP contribution in [-0.2, 0) is 0 Å². The van der Waals surface area contributed by atoms with Crippen molar-refractivity contribution in [2.24, 2.45) is 5.92 Å². The Hall–Kier alpha value is -0.730. The molecule has 0 aliphatic heterocycles. The molecule has 1 atom stereocenters. The third-order valence-electron chi connectivity index (χ3n) is 2.95. The molecule has 1 unspecified atom stereocenters. The molecule has 1 saturated carbocycles. The Kier molecular flexibility index (Phi) is 4.00. The van der Waals surface area contributed by atoms with Crippen molar-refractivity contribution in [2.45, 2.75) is 65.0 Å². The molecule has 1 aliphatic rings. The van der Waals surface area contributed by atoms with Gasteiger partial charge in [-0.05, 0) is 46.5 Å². The highest BCUT2D eigenvalue weighted by atomic mass is 16.2. The van der Waals surface area contributed by atoms with E-state index in [4.69, 9.17) is 0 Å². The second kappa shape index (κ2) is 4.86. The van der Waals surface area contributed by atoms with Crippen molar-refractivity contribution in [1.82, 2.24) is 10.6 Å². The molecular weight excluding hydrogens is 188 g/mol. The number of amides is 2. The summed E-state index contributed by atoms with van der Waals surface area (Å²) in [4.78, 5) is 11.6. The predicted octanol–water partition coefficient (Wildman–Crippen LogP) is 2.66. The van der Waals surface area contributed by atoms with Crippen LogP contribution in [0.15, 0.2) is 0 Å². The lowest BCUT2D eigenvalue weighted by atomic mass is 10.00. The first-order chi connectivity index (χ1) is 6.88. The highest BCUT2D eigenvalue weighted by Gasteiger charge is 2.23. The van der Waals surface area contributed by atoms with Gasteiger partial charge >= 0.3 is 6.03 Å². The minimum atomic E-state index is -0.153. The van der Waals surface area contributed by atoms with Gasteiger partial charge in [-0.25, -0.2) is 4.79 Å². The van der Waals surface area contributed by atoms with Crippen LogP contribution in [0.5, 0.6) is 0 Å². The van der Waals surface area contributed by atoms with E-state index in [2.05, 4.69) is 17.6 Å². The maximum absolute atomic E-state index is 11.6. The average molecular weight is 212 g/mol. The molecule has 1 aliphatic carbocycles. The molecule has 2 N–H and O–H groups in total. The molecule has 0 aromatic rings. The minimum Gasteiger partial charge on any atom is -0.335 e. The van der Waals surface area contributed by atoms with Crippen molar-refractivity contribution >= 4 is 6.03 Å². The molecule has 0 aromatic heterocycles. The van der Waals surface area contributed by atoms with Crippen LogP contribution in [0.3, 0.4) is 0 Å². The summed E-state index contributed by atoms with van der Waals surface area (Å²) < 4.78 is 0. The lowest BCUT2D eigenvalue weighted by molar-refractivity contribution is 0.224. The normalized spacial score (nSPS) is 20.0. The van der Waals surface area contributed by atoms with Crippen molar-refractivity contribution < 1.29 is 4.79 Å². The van der Waals surface area contributed by atoms with Crippen LogP contribution in [0.2, 0.25) is 0 Å². The molecular formula is C12H24N2O. The van der Waals surface area contributed by atoms with E-state index in [9.17, 15) is 4.79 Å². The van der Waals surface area contributed by atoms with E-state index in [0.29, 0.717) is 12.0 Å². The van der Waals surface area contributed by atoms with Crippen molar-refractivity contribution in [1.29, 1.82) is 0 Å². The fourth-order valence-electron chi connectivity index (χ4n) is 2.16. The molecule has 0 aromatic carbocycles. The van der Waals surface area contributed by atoms with Crippen LogP contribution in [0.1, 0.15) is 53.4 Å². The zero-order valence-electron chi connectivity index (χ0n) is 10.4. The molecule has 2 amide bonds. The minimum absolute atomic E-state index is 0.0399. The summed E-state index contributed by atoms with van der Waals surface area (Å²) in [5, 5.41) is 5.95. The standard InChI is InChI=1S/C12H24N2O/c1-9(10-7-5-6-8-10)13-11(15)14-12(2,3)4/h9-10H,5-8H2,1-4H3,(H2,13,14,15). The lowest BCUT2D eigenvalue weighted by Crippen LogP contribution is -2.50. The number of carbonyl (C=O) groups excluding carboxylic acids is 1. The molecule has 0 radical (unpaired) electrons. The van der Waals surface area contributed by atoms with Crippen molar-refractivity contribution in [2.75, 3.05) is 0 Å². The predicted molar refractivity (Wildman–Crippen MR) is 62.8 cm³/mol. The van der Waals surface area contributed by atoms with Crippen molar-refractivity contribution in [3.05, 3.63) is 0 Å². The maximum Gasteiger partial charge on any atom is 0.315 e. The smallest absolute Gasteiger partial charge is 0.315 e. The van der Waals surface area contributed by atoms with E-state index in [0.717, 1.165) is 0 Å². The number of nitrogens with one attached hydrogen (secondary N) is 2. The van der Waals surface area contributed by atoms with Gasteiger partial charge in [-0.1, -0.05) is 12.8 Å². The second-order valence-electron chi connectivity index (χ2n) is 5.68. The van der Waals surface area contributed by atoms with E-state index >= 15 is 0 Å². The van der Waals surface area contributed by atoms with Crippen LogP contribution >= 0.6 is 0 Å². The van der Waals surface area contributed by atoms with Crippen LogP contribution in [0.25, 0.3) is 0 Å². The molecule has 0 heterocycles. The zero-order chi connectivity index (χ0) is 11.5. The molecule has 3 nitrogen and oxygen atoms in total. The number of carbonyl (C=O) groups is 1. The summed E-state index contributed by atoms with van der Waals surface area (Å²) in [6, 6.07) is 0.261. The van der Waals surface area contributed by atoms with Gasteiger partial charge < -0.3 is 10.6 Å². The molecule has 0 saturated heterocycles. The zero-order valence-corrected chi connectivity index (χ0v) is 10.4. The summed E-state index contributed by atoms with van der Waals surface area (Å²) in [6.45, 7) is 8.09. The topological polar surface area (TPSA) is 41.1 Å². The average Bonchev–Trinajstić information content (AvgIpc) is 2.50. The van der Waals surface area contributed by atoms with Crippen molar-refractivity contribution in [3.63, 3.8) is 0 Å². The van der Waals surface area contributed by atoms with Gasteiger partial charge in [-0.3, -0.25) is 0 Å². The van der Waals surface area contributed by atoms with E-state index in [1.165, 1.54) is 25.7 Å². The lowest BCUT2D eigenvalue weighted by Gasteiger charge is -2.25. The second-order valence-corrected chi connectivity index (χ2v) is 5.68. The van der Waals surface area contributed by atoms with Gasteiger partial charge in [0.1, 0.15) is 0 Å². The Morgan fingerprint density at radius 3 is 2.27 bits per heavy atom. The van der Waals surface area contributed by atoms with Gasteiger partial charge in [0, 0.05) is 11.6 Å². The molecule has 3 heteroatoms. The molecule has 15 heavy (non-hydrogen) atoms. The molecule has 1 rings (SSSR count). The summed E-state index contributed by atoms with van der Waals surface area (Å²) in [5.74, 6) is 0.677. The summed E-state index contributed by atoms with van der Waals surface area (Å²) in [7, 11) is 0. The van der Waals surface area contributed by atoms with Gasteiger partial charge in [0.25, 0.3) is 0 Å². The van der Waals surface area contributed by atoms with Crippen LogP contribution < -0.4 is 10.6 Å². The van der Waals surface area contributed by atoms with E-state index < -0.39 is 0 Å². The molecule has 0 bridgehead atoms. The first-order valence-electron chi connectivity index (χ1n) is 5.97. The Labute approximate surface area is 93.0 Å². The molecule has 88 valence electrons. The summed E-state index contributed by atoms with van der Waals surface area (Å²) in [6.07, 6.45) is 5.16. The first kappa shape index (κ1) is 12.3. The van der Waals surface area contributed by atoms with E-state index in [-0.39, 0.29) is 11.6 Å². The fraction of sp³-hybridized carbons (Fsp3) is 0.917. The first-order valence-corrected chi connectivity index (χ1v) is 5.97. The third-order valence-corrected chi connectivity index (χ3v) is 2.95. The van der Waals surface area contributed by atoms with Gasteiger partial charge in [-0.2, -0.15) is 0 Å². The quantitative estimate of drug-likeness (QED) is 0.726. The Morgan fingerprint density at radius 1 is 1.27 bits per heavy atom. The Balaban J connectivity index is 2.30. The van der Waals surface area contributed by atoms with Gasteiger partial charge in [0.2, 0.25) is 0 Å². The Bertz CT molecular complexity index is 214. The molecule has 1 fully saturated rings. The van der Waals surface area contributed by atoms with Crippen LogP contribution in [0.4, 0.5) is 4.79 Å². The molecule has 0 spiro atoms. The summed E-state index contributed by atoms with van der Waals surface area (Å²) in [5.41, 5.74) is -0.153. The highest BCUT2D eigenvalue weighted by Crippen LogP contribution is 2.27.